The Labute approximate surface area is 127 Å². The van der Waals surface area contributed by atoms with Crippen molar-refractivity contribution in [2.45, 2.75) is 20.4 Å². The smallest absolute Gasteiger partial charge is 0.271 e. The van der Waals surface area contributed by atoms with E-state index >= 15 is 0 Å². The Hall–Kier alpha value is -2.83. The van der Waals surface area contributed by atoms with E-state index in [1.807, 2.05) is 18.5 Å². The highest BCUT2D eigenvalue weighted by Gasteiger charge is 2.15. The van der Waals surface area contributed by atoms with Gasteiger partial charge in [-0.05, 0) is 32.0 Å². The molecule has 0 aliphatic carbocycles. The molecule has 2 aromatic rings. The van der Waals surface area contributed by atoms with E-state index in [1.165, 1.54) is 0 Å². The molecule has 1 aromatic carbocycles. The lowest BCUT2D eigenvalue weighted by atomic mass is 10.2. The first-order valence-electron chi connectivity index (χ1n) is 6.94. The lowest BCUT2D eigenvalue weighted by molar-refractivity contribution is 0.0954. The first kappa shape index (κ1) is 14.1. The van der Waals surface area contributed by atoms with Crippen LogP contribution in [0.5, 0.6) is 11.5 Å². The summed E-state index contributed by atoms with van der Waals surface area (Å²) >= 11 is 0. The first-order valence-corrected chi connectivity index (χ1v) is 6.94. The lowest BCUT2D eigenvalue weighted by Gasteiger charge is -2.01. The number of carbonyl (C=O) groups is 1. The van der Waals surface area contributed by atoms with Crippen LogP contribution in [-0.2, 0) is 6.54 Å². The number of fused-ring (bicyclic) bond motifs is 1. The molecular weight excluding hydrogens is 284 g/mol. The van der Waals surface area contributed by atoms with E-state index < -0.39 is 0 Å². The van der Waals surface area contributed by atoms with Gasteiger partial charge in [0.2, 0.25) is 6.79 Å². The number of aryl methyl sites for hydroxylation is 1. The minimum absolute atomic E-state index is 0.180. The van der Waals surface area contributed by atoms with Crippen LogP contribution in [0.3, 0.4) is 0 Å². The minimum atomic E-state index is -0.310. The summed E-state index contributed by atoms with van der Waals surface area (Å²) in [5.41, 5.74) is 4.82. The van der Waals surface area contributed by atoms with Gasteiger partial charge in [0.05, 0.1) is 12.4 Å². The van der Waals surface area contributed by atoms with E-state index in [0.29, 0.717) is 17.1 Å². The van der Waals surface area contributed by atoms with Crippen LogP contribution >= 0.6 is 0 Å². The largest absolute Gasteiger partial charge is 0.454 e. The Balaban J connectivity index is 1.67. The van der Waals surface area contributed by atoms with Gasteiger partial charge in [-0.25, -0.2) is 5.43 Å². The molecule has 0 fully saturated rings. The summed E-state index contributed by atoms with van der Waals surface area (Å²) in [6, 6.07) is 5.00. The molecule has 1 aliphatic heterocycles. The zero-order valence-electron chi connectivity index (χ0n) is 12.4. The van der Waals surface area contributed by atoms with Crippen LogP contribution in [0.2, 0.25) is 0 Å². The molecule has 1 amide bonds. The van der Waals surface area contributed by atoms with E-state index in [9.17, 15) is 4.79 Å². The average molecular weight is 300 g/mol. The van der Waals surface area contributed by atoms with Crippen LogP contribution < -0.4 is 14.9 Å². The van der Waals surface area contributed by atoms with Crippen molar-refractivity contribution in [1.29, 1.82) is 0 Å². The molecule has 7 nitrogen and oxygen atoms in total. The normalized spacial score (nSPS) is 12.8. The van der Waals surface area contributed by atoms with Gasteiger partial charge in [0.1, 0.15) is 0 Å². The Kier molecular flexibility index (Phi) is 3.78. The van der Waals surface area contributed by atoms with E-state index in [0.717, 1.165) is 17.8 Å². The standard InChI is InChI=1S/C15H16N4O3/c1-3-19-10(2)12(8-17-19)7-16-18-15(20)11-4-5-13-14(6-11)22-9-21-13/h4-8H,3,9H2,1-2H3,(H,18,20)/b16-7-. The van der Waals surface area contributed by atoms with Gasteiger partial charge < -0.3 is 9.47 Å². The van der Waals surface area contributed by atoms with Crippen LogP contribution in [0.25, 0.3) is 0 Å². The Morgan fingerprint density at radius 2 is 2.27 bits per heavy atom. The van der Waals surface area contributed by atoms with Crippen LogP contribution in [-0.4, -0.2) is 28.7 Å². The fourth-order valence-corrected chi connectivity index (χ4v) is 2.17. The van der Waals surface area contributed by atoms with E-state index in [1.54, 1.807) is 30.6 Å². The third-order valence-electron chi connectivity index (χ3n) is 3.45. The molecule has 0 radical (unpaired) electrons. The number of rotatable bonds is 4. The van der Waals surface area contributed by atoms with Crippen molar-refractivity contribution in [1.82, 2.24) is 15.2 Å². The van der Waals surface area contributed by atoms with Crippen LogP contribution in [0.15, 0.2) is 29.5 Å². The molecule has 1 aromatic heterocycles. The fraction of sp³-hybridized carbons (Fsp3) is 0.267. The highest BCUT2D eigenvalue weighted by Crippen LogP contribution is 2.32. The predicted octanol–water partition coefficient (Wildman–Crippen LogP) is 1.70. The molecule has 7 heteroatoms. The summed E-state index contributed by atoms with van der Waals surface area (Å²) in [7, 11) is 0. The highest BCUT2D eigenvalue weighted by molar-refractivity contribution is 5.95. The first-order chi connectivity index (χ1) is 10.7. The second kappa shape index (κ2) is 5.88. The Morgan fingerprint density at radius 1 is 1.45 bits per heavy atom. The van der Waals surface area contributed by atoms with Crippen molar-refractivity contribution < 1.29 is 14.3 Å². The van der Waals surface area contributed by atoms with Gasteiger partial charge in [-0.1, -0.05) is 0 Å². The summed E-state index contributed by atoms with van der Waals surface area (Å²) < 4.78 is 12.3. The lowest BCUT2D eigenvalue weighted by Crippen LogP contribution is -2.17. The van der Waals surface area contributed by atoms with Gasteiger partial charge in [0, 0.05) is 23.4 Å². The zero-order valence-corrected chi connectivity index (χ0v) is 12.4. The monoisotopic (exact) mass is 300 g/mol. The SMILES string of the molecule is CCn1ncc(/C=N\NC(=O)c2ccc3c(c2)OCO3)c1C. The van der Waals surface area contributed by atoms with Crippen molar-refractivity contribution >= 4 is 12.1 Å². The molecule has 0 saturated heterocycles. The third-order valence-corrected chi connectivity index (χ3v) is 3.45. The molecule has 0 saturated carbocycles. The second-order valence-corrected chi connectivity index (χ2v) is 4.77. The second-order valence-electron chi connectivity index (χ2n) is 4.77. The number of benzene rings is 1. The molecule has 114 valence electrons. The molecule has 22 heavy (non-hydrogen) atoms. The summed E-state index contributed by atoms with van der Waals surface area (Å²) in [4.78, 5) is 12.0. The number of amides is 1. The molecule has 2 heterocycles. The molecular formula is C15H16N4O3. The summed E-state index contributed by atoms with van der Waals surface area (Å²) in [5, 5.41) is 8.18. The Bertz CT molecular complexity index is 736. The fourth-order valence-electron chi connectivity index (χ4n) is 2.17. The number of aromatic nitrogens is 2. The Morgan fingerprint density at radius 3 is 3.05 bits per heavy atom. The van der Waals surface area contributed by atoms with Gasteiger partial charge in [0.15, 0.2) is 11.5 Å². The number of carbonyl (C=O) groups excluding carboxylic acids is 1. The average Bonchev–Trinajstić information content (AvgIpc) is 3.13. The number of nitrogens with one attached hydrogen (secondary N) is 1. The number of nitrogens with zero attached hydrogens (tertiary/aromatic N) is 3. The predicted molar refractivity (Wildman–Crippen MR) is 80.3 cm³/mol. The highest BCUT2D eigenvalue weighted by atomic mass is 16.7. The van der Waals surface area contributed by atoms with Crippen molar-refractivity contribution in [3.8, 4) is 11.5 Å². The molecule has 0 bridgehead atoms. The van der Waals surface area contributed by atoms with Crippen LogP contribution in [0, 0.1) is 6.92 Å². The van der Waals surface area contributed by atoms with Crippen LogP contribution in [0.4, 0.5) is 0 Å². The van der Waals surface area contributed by atoms with Crippen molar-refractivity contribution in [3.05, 3.63) is 41.2 Å². The summed E-state index contributed by atoms with van der Waals surface area (Å²) in [5.74, 6) is 0.898. The maximum absolute atomic E-state index is 12.0. The maximum Gasteiger partial charge on any atom is 0.271 e. The van der Waals surface area contributed by atoms with E-state index in [4.69, 9.17) is 9.47 Å². The molecule has 1 N–H and O–H groups in total. The third kappa shape index (κ3) is 2.65. The van der Waals surface area contributed by atoms with Gasteiger partial charge in [-0.3, -0.25) is 9.48 Å². The number of hydrazone groups is 1. The zero-order chi connectivity index (χ0) is 15.5. The quantitative estimate of drug-likeness (QED) is 0.688. The van der Waals surface area contributed by atoms with Gasteiger partial charge in [-0.2, -0.15) is 10.2 Å². The van der Waals surface area contributed by atoms with Crippen LogP contribution in [0.1, 0.15) is 28.5 Å². The minimum Gasteiger partial charge on any atom is -0.454 e. The number of ether oxygens (including phenoxy) is 2. The topological polar surface area (TPSA) is 77.7 Å². The van der Waals surface area contributed by atoms with Crippen molar-refractivity contribution in [2.75, 3.05) is 6.79 Å². The molecule has 0 spiro atoms. The van der Waals surface area contributed by atoms with Gasteiger partial charge >= 0.3 is 0 Å². The van der Waals surface area contributed by atoms with Crippen molar-refractivity contribution in [3.63, 3.8) is 0 Å². The molecule has 3 rings (SSSR count). The molecule has 0 atom stereocenters. The summed E-state index contributed by atoms with van der Waals surface area (Å²) in [6.07, 6.45) is 3.30. The molecule has 1 aliphatic rings. The van der Waals surface area contributed by atoms with E-state index in [2.05, 4.69) is 15.6 Å². The van der Waals surface area contributed by atoms with Gasteiger partial charge in [0.25, 0.3) is 5.91 Å². The number of hydrogen-bond donors (Lipinski definition) is 1. The van der Waals surface area contributed by atoms with E-state index in [-0.39, 0.29) is 12.7 Å². The number of hydrogen-bond acceptors (Lipinski definition) is 5. The maximum atomic E-state index is 12.0. The summed E-state index contributed by atoms with van der Waals surface area (Å²) in [6.45, 7) is 4.95. The van der Waals surface area contributed by atoms with Gasteiger partial charge in [-0.15, -0.1) is 0 Å². The molecule has 0 unspecified atom stereocenters. The van der Waals surface area contributed by atoms with Crippen molar-refractivity contribution in [2.24, 2.45) is 5.10 Å².